The molecule has 0 radical (unpaired) electrons. The largest absolute Gasteiger partial charge is 0.222 e. The van der Waals surface area contributed by atoms with Gasteiger partial charge in [0.1, 0.15) is 0 Å². The Morgan fingerprint density at radius 2 is 1.00 bits per heavy atom. The van der Waals surface area contributed by atoms with Crippen LogP contribution in [0.5, 0.6) is 0 Å². The average molecular weight is 282 g/mol. The lowest BCUT2D eigenvalue weighted by Crippen LogP contribution is -2.10. The minimum atomic E-state index is 0.533. The van der Waals surface area contributed by atoms with E-state index < -0.39 is 0 Å². The summed E-state index contributed by atoms with van der Waals surface area (Å²) >= 11 is 7.92. The molecule has 2 aliphatic carbocycles. The molecule has 0 aromatic heterocycles. The van der Waals surface area contributed by atoms with Crippen LogP contribution in [-0.2, 0) is 0 Å². The van der Waals surface area contributed by atoms with Gasteiger partial charge < -0.3 is 0 Å². The lowest BCUT2D eigenvalue weighted by Gasteiger charge is -2.17. The van der Waals surface area contributed by atoms with Crippen LogP contribution in [0.1, 0.15) is 64.2 Å². The molecule has 0 unspecified atom stereocenters. The molecule has 0 bridgehead atoms. The van der Waals surface area contributed by atoms with Crippen LogP contribution in [0, 0.1) is 0 Å². The van der Waals surface area contributed by atoms with Crippen molar-refractivity contribution in [3.05, 3.63) is 0 Å². The number of hydrogen-bond acceptors (Lipinski definition) is 4. The predicted octanol–water partition coefficient (Wildman–Crippen LogP) is 4.84. The third kappa shape index (κ3) is 7.13. The average Bonchev–Trinajstić information content (AvgIpc) is 2.42. The highest BCUT2D eigenvalue weighted by Crippen LogP contribution is 2.21. The van der Waals surface area contributed by atoms with Crippen LogP contribution in [0.15, 0.2) is 9.98 Å². The molecule has 2 nitrogen and oxygen atoms in total. The first-order valence-corrected chi connectivity index (χ1v) is 7.82. The summed E-state index contributed by atoms with van der Waals surface area (Å²) in [7, 11) is 0. The molecule has 4 heteroatoms. The molecule has 0 aromatic carbocycles. The number of hydrogen-bond donors (Lipinski definition) is 0. The molecule has 0 saturated heterocycles. The summed E-state index contributed by atoms with van der Waals surface area (Å²) in [6, 6.07) is 4.04. The van der Waals surface area contributed by atoms with Crippen LogP contribution in [0.3, 0.4) is 0 Å². The van der Waals surface area contributed by atoms with Crippen molar-refractivity contribution in [2.75, 3.05) is 0 Å². The quantitative estimate of drug-likeness (QED) is 0.534. The van der Waals surface area contributed by atoms with Gasteiger partial charge in [-0.2, -0.15) is 0 Å². The fraction of sp³-hybridized carbons (Fsp3) is 0.857. The maximum Gasteiger partial charge on any atom is 0.0898 e. The fourth-order valence-electron chi connectivity index (χ4n) is 2.62. The van der Waals surface area contributed by atoms with Crippen LogP contribution in [0.25, 0.3) is 0 Å². The number of aliphatic imine (C=N–C) groups is 2. The van der Waals surface area contributed by atoms with Crippen molar-refractivity contribution in [2.45, 2.75) is 76.3 Å². The van der Waals surface area contributed by atoms with Crippen LogP contribution in [-0.4, -0.2) is 22.4 Å². The van der Waals surface area contributed by atoms with Crippen LogP contribution < -0.4 is 0 Å². The summed E-state index contributed by atoms with van der Waals surface area (Å²) < 4.78 is 1.92. The van der Waals surface area contributed by atoms with E-state index in [1.165, 1.54) is 64.2 Å². The van der Waals surface area contributed by atoms with Gasteiger partial charge in [0.2, 0.25) is 0 Å². The molecular formula is C14H22N2S2. The van der Waals surface area contributed by atoms with E-state index in [1.54, 1.807) is 0 Å². The van der Waals surface area contributed by atoms with Gasteiger partial charge >= 0.3 is 0 Å². The lowest BCUT2D eigenvalue weighted by atomic mass is 9.96. The number of nitrogens with zero attached hydrogens (tertiary/aromatic N) is 2. The van der Waals surface area contributed by atoms with E-state index in [2.05, 4.69) is 40.4 Å². The smallest absolute Gasteiger partial charge is 0.0898 e. The van der Waals surface area contributed by atoms with Gasteiger partial charge in [0.15, 0.2) is 0 Å². The standard InChI is InChI=1S/C13H22N2.CS2/c1-3-7-12(8-4-1)14-11-15-13-9-5-2-6-10-13;2-1-3/h12-13H,1-10H2;. The van der Waals surface area contributed by atoms with Gasteiger partial charge in [0.25, 0.3) is 0 Å². The third-order valence-electron chi connectivity index (χ3n) is 3.63. The van der Waals surface area contributed by atoms with Gasteiger partial charge in [-0.25, -0.2) is 9.98 Å². The highest BCUT2D eigenvalue weighted by Gasteiger charge is 2.12. The summed E-state index contributed by atoms with van der Waals surface area (Å²) in [6.07, 6.45) is 13.2. The summed E-state index contributed by atoms with van der Waals surface area (Å²) in [4.78, 5) is 8.92. The van der Waals surface area contributed by atoms with Crippen LogP contribution >= 0.6 is 24.4 Å². The maximum absolute atomic E-state index is 4.46. The summed E-state index contributed by atoms with van der Waals surface area (Å²) in [5, 5.41) is 0. The van der Waals surface area contributed by atoms with E-state index in [-0.39, 0.29) is 0 Å². The first-order valence-electron chi connectivity index (χ1n) is 7.00. The second-order valence-electron chi connectivity index (χ2n) is 5.03. The van der Waals surface area contributed by atoms with E-state index in [0.717, 1.165) is 0 Å². The van der Waals surface area contributed by atoms with Crippen LogP contribution in [0.2, 0.25) is 0 Å². The predicted molar refractivity (Wildman–Crippen MR) is 83.8 cm³/mol. The van der Waals surface area contributed by atoms with E-state index in [9.17, 15) is 0 Å². The maximum atomic E-state index is 4.46. The summed E-state index contributed by atoms with van der Waals surface area (Å²) in [5.74, 6) is 0. The lowest BCUT2D eigenvalue weighted by molar-refractivity contribution is 0.438. The molecule has 2 saturated carbocycles. The molecule has 0 amide bonds. The Labute approximate surface area is 121 Å². The normalized spacial score (nSPS) is 20.9. The topological polar surface area (TPSA) is 24.7 Å². The first kappa shape index (κ1) is 15.7. The van der Waals surface area contributed by atoms with E-state index >= 15 is 0 Å². The summed E-state index contributed by atoms with van der Waals surface area (Å²) in [5.41, 5.74) is 0. The Hall–Kier alpha value is -0.400. The highest BCUT2D eigenvalue weighted by atomic mass is 32.1. The molecule has 0 aromatic rings. The monoisotopic (exact) mass is 282 g/mol. The van der Waals surface area contributed by atoms with E-state index in [1.807, 2.05) is 4.31 Å². The molecule has 0 atom stereocenters. The van der Waals surface area contributed by atoms with Crippen molar-refractivity contribution in [3.8, 4) is 0 Å². The molecule has 0 spiro atoms. The molecule has 2 rings (SSSR count). The van der Waals surface area contributed by atoms with Crippen molar-refractivity contribution in [2.24, 2.45) is 9.98 Å². The van der Waals surface area contributed by atoms with Gasteiger partial charge in [0, 0.05) is 4.31 Å². The van der Waals surface area contributed by atoms with Crippen molar-refractivity contribution in [1.29, 1.82) is 0 Å². The fourth-order valence-corrected chi connectivity index (χ4v) is 2.62. The SMILES string of the molecule is C(=NC1CCCCC1)=NC1CCCCC1.S=C=S. The van der Waals surface area contributed by atoms with Crippen molar-refractivity contribution in [3.63, 3.8) is 0 Å². The molecule has 0 aliphatic heterocycles. The van der Waals surface area contributed by atoms with Gasteiger partial charge in [-0.05, 0) is 50.1 Å². The molecule has 2 aliphatic rings. The molecule has 100 valence electrons. The first-order chi connectivity index (χ1) is 8.86. The molecular weight excluding hydrogens is 260 g/mol. The Morgan fingerprint density at radius 1 is 0.667 bits per heavy atom. The Morgan fingerprint density at radius 3 is 1.33 bits per heavy atom. The van der Waals surface area contributed by atoms with Gasteiger partial charge in [-0.3, -0.25) is 0 Å². The van der Waals surface area contributed by atoms with Crippen molar-refractivity contribution in [1.82, 2.24) is 0 Å². The zero-order valence-electron chi connectivity index (χ0n) is 10.9. The third-order valence-corrected chi connectivity index (χ3v) is 3.63. The molecule has 0 N–H and O–H groups in total. The Kier molecular flexibility index (Phi) is 9.15. The zero-order valence-corrected chi connectivity index (χ0v) is 12.6. The van der Waals surface area contributed by atoms with Crippen LogP contribution in [0.4, 0.5) is 0 Å². The van der Waals surface area contributed by atoms with Crippen molar-refractivity contribution < 1.29 is 0 Å². The van der Waals surface area contributed by atoms with E-state index in [0.29, 0.717) is 12.1 Å². The minimum Gasteiger partial charge on any atom is -0.222 e. The number of rotatable bonds is 2. The number of thiocarbonyl (C=S) groups is 2. The Balaban J connectivity index is 0.000000492. The second kappa shape index (κ2) is 10.5. The van der Waals surface area contributed by atoms with Gasteiger partial charge in [0.05, 0.1) is 18.1 Å². The van der Waals surface area contributed by atoms with Gasteiger partial charge in [-0.1, -0.05) is 38.5 Å². The molecule has 2 fully saturated rings. The van der Waals surface area contributed by atoms with Gasteiger partial charge in [-0.15, -0.1) is 0 Å². The second-order valence-corrected chi connectivity index (χ2v) is 5.69. The highest BCUT2D eigenvalue weighted by molar-refractivity contribution is 7.93. The zero-order chi connectivity index (χ0) is 13.1. The van der Waals surface area contributed by atoms with Crippen molar-refractivity contribution >= 4 is 34.8 Å². The molecule has 0 heterocycles. The Bertz CT molecular complexity index is 282. The summed E-state index contributed by atoms with van der Waals surface area (Å²) in [6.45, 7) is 0. The minimum absolute atomic E-state index is 0.533. The molecule has 18 heavy (non-hydrogen) atoms. The van der Waals surface area contributed by atoms with E-state index in [4.69, 9.17) is 0 Å².